The number of fused-ring (bicyclic) bond motifs is 3. The molecule has 1 saturated heterocycles. The van der Waals surface area contributed by atoms with Crippen LogP contribution in [0.15, 0.2) is 48.7 Å². The van der Waals surface area contributed by atoms with Crippen LogP contribution >= 0.6 is 0 Å². The van der Waals surface area contributed by atoms with Crippen LogP contribution in [0, 0.1) is 12.8 Å². The second kappa shape index (κ2) is 8.46. The lowest BCUT2D eigenvalue weighted by atomic mass is 9.90. The van der Waals surface area contributed by atoms with Crippen LogP contribution < -0.4 is 0 Å². The average Bonchev–Trinajstić information content (AvgIpc) is 3.30. The van der Waals surface area contributed by atoms with Crippen molar-refractivity contribution in [2.75, 3.05) is 20.1 Å². The van der Waals surface area contributed by atoms with Gasteiger partial charge in [-0.15, -0.1) is 0 Å². The number of aromatic nitrogens is 2. The Morgan fingerprint density at radius 2 is 2.00 bits per heavy atom. The van der Waals surface area contributed by atoms with E-state index < -0.39 is 0 Å². The molecule has 5 nitrogen and oxygen atoms in total. The van der Waals surface area contributed by atoms with Crippen molar-refractivity contribution in [3.8, 4) is 0 Å². The molecular weight excluding hydrogens is 384 g/mol. The van der Waals surface area contributed by atoms with Gasteiger partial charge >= 0.3 is 0 Å². The molecule has 1 aromatic carbocycles. The van der Waals surface area contributed by atoms with E-state index in [1.165, 1.54) is 31.2 Å². The van der Waals surface area contributed by atoms with E-state index in [1.807, 2.05) is 30.1 Å². The Kier molecular flexibility index (Phi) is 5.53. The zero-order valence-electron chi connectivity index (χ0n) is 18.6. The van der Waals surface area contributed by atoms with Gasteiger partial charge in [-0.1, -0.05) is 42.8 Å². The molecule has 1 aliphatic carbocycles. The van der Waals surface area contributed by atoms with Gasteiger partial charge in [-0.05, 0) is 55.7 Å². The summed E-state index contributed by atoms with van der Waals surface area (Å²) in [5.74, 6) is 0.851. The van der Waals surface area contributed by atoms with Gasteiger partial charge in [0.1, 0.15) is 5.65 Å². The van der Waals surface area contributed by atoms with Gasteiger partial charge in [0.15, 0.2) is 5.69 Å². The molecular formula is C26H32N4O. The maximum Gasteiger partial charge on any atom is 0.274 e. The van der Waals surface area contributed by atoms with Gasteiger partial charge in [0.05, 0.1) is 5.69 Å². The topological polar surface area (TPSA) is 40.9 Å². The summed E-state index contributed by atoms with van der Waals surface area (Å²) in [5, 5.41) is 0. The molecule has 2 fully saturated rings. The van der Waals surface area contributed by atoms with Gasteiger partial charge in [0, 0.05) is 38.9 Å². The molecule has 5 rings (SSSR count). The number of hydrogen-bond donors (Lipinski definition) is 0. The molecule has 0 spiro atoms. The summed E-state index contributed by atoms with van der Waals surface area (Å²) >= 11 is 0. The van der Waals surface area contributed by atoms with Crippen molar-refractivity contribution in [1.82, 2.24) is 19.2 Å². The standard InChI is InChI=1S/C26H32N4O/c1-19-8-7-14-30-23(18-29-17-21-11-6-12-22(29)16-21)24(27-25(19)30)26(31)28(2)15-13-20-9-4-3-5-10-20/h3-5,7-10,14,21-22H,6,11-13,15-18H2,1-2H3/t21-,22+/m1/s1. The van der Waals surface area contributed by atoms with Gasteiger partial charge in [0.25, 0.3) is 5.91 Å². The highest BCUT2D eigenvalue weighted by molar-refractivity contribution is 5.94. The van der Waals surface area contributed by atoms with Gasteiger partial charge in [-0.3, -0.25) is 9.69 Å². The van der Waals surface area contributed by atoms with E-state index in [2.05, 4.69) is 46.7 Å². The molecule has 162 valence electrons. The number of aryl methyl sites for hydroxylation is 1. The van der Waals surface area contributed by atoms with Crippen molar-refractivity contribution in [1.29, 1.82) is 0 Å². The highest BCUT2D eigenvalue weighted by atomic mass is 16.2. The SMILES string of the molecule is Cc1cccn2c(CN3C[C@@H]4CCC[C@H]3C4)c(C(=O)N(C)CCc3ccccc3)nc12. The summed E-state index contributed by atoms with van der Waals surface area (Å²) in [7, 11) is 1.90. The number of amides is 1. The first kappa shape index (κ1) is 20.3. The summed E-state index contributed by atoms with van der Waals surface area (Å²) in [4.78, 5) is 22.8. The smallest absolute Gasteiger partial charge is 0.274 e. The molecule has 2 aliphatic rings. The number of benzene rings is 1. The van der Waals surface area contributed by atoms with E-state index in [0.29, 0.717) is 18.3 Å². The normalized spacial score (nSPS) is 21.0. The zero-order chi connectivity index (χ0) is 21.4. The molecule has 1 aliphatic heterocycles. The largest absolute Gasteiger partial charge is 0.340 e. The quantitative estimate of drug-likeness (QED) is 0.600. The summed E-state index contributed by atoms with van der Waals surface area (Å²) < 4.78 is 2.15. The van der Waals surface area contributed by atoms with Crippen LogP contribution in [0.5, 0.6) is 0 Å². The highest BCUT2D eigenvalue weighted by Gasteiger charge is 2.36. The molecule has 0 N–H and O–H groups in total. The third kappa shape index (κ3) is 3.99. The number of carbonyl (C=O) groups is 1. The van der Waals surface area contributed by atoms with Crippen molar-refractivity contribution in [3.63, 3.8) is 0 Å². The van der Waals surface area contributed by atoms with Crippen LogP contribution in [-0.2, 0) is 13.0 Å². The number of imidazole rings is 1. The van der Waals surface area contributed by atoms with Crippen LogP contribution in [-0.4, -0.2) is 51.3 Å². The molecule has 31 heavy (non-hydrogen) atoms. The second-order valence-corrected chi connectivity index (χ2v) is 9.37. The van der Waals surface area contributed by atoms with Gasteiger partial charge in [0.2, 0.25) is 0 Å². The fraction of sp³-hybridized carbons (Fsp3) is 0.462. The number of carbonyl (C=O) groups excluding carboxylic acids is 1. The molecule has 2 bridgehead atoms. The Morgan fingerprint density at radius 1 is 1.16 bits per heavy atom. The molecule has 0 unspecified atom stereocenters. The third-order valence-electron chi connectivity index (χ3n) is 7.19. The van der Waals surface area contributed by atoms with Gasteiger partial charge in [-0.2, -0.15) is 0 Å². The molecule has 1 saturated carbocycles. The summed E-state index contributed by atoms with van der Waals surface area (Å²) in [6.45, 7) is 4.71. The zero-order valence-corrected chi connectivity index (χ0v) is 18.6. The second-order valence-electron chi connectivity index (χ2n) is 9.37. The van der Waals surface area contributed by atoms with Gasteiger partial charge in [-0.25, -0.2) is 4.98 Å². The van der Waals surface area contributed by atoms with E-state index in [1.54, 1.807) is 0 Å². The van der Waals surface area contributed by atoms with Crippen LogP contribution in [0.3, 0.4) is 0 Å². The number of rotatable bonds is 6. The van der Waals surface area contributed by atoms with Crippen molar-refractivity contribution in [3.05, 3.63) is 71.2 Å². The molecule has 0 radical (unpaired) electrons. The minimum atomic E-state index is 0.0243. The molecule has 1 amide bonds. The predicted molar refractivity (Wildman–Crippen MR) is 123 cm³/mol. The number of hydrogen-bond acceptors (Lipinski definition) is 3. The average molecular weight is 417 g/mol. The molecule has 3 heterocycles. The minimum absolute atomic E-state index is 0.0243. The van der Waals surface area contributed by atoms with Crippen molar-refractivity contribution in [2.45, 2.75) is 51.6 Å². The fourth-order valence-electron chi connectivity index (χ4n) is 5.43. The highest BCUT2D eigenvalue weighted by Crippen LogP contribution is 2.36. The van der Waals surface area contributed by atoms with Crippen LogP contribution in [0.2, 0.25) is 0 Å². The lowest BCUT2D eigenvalue weighted by Gasteiger charge is -2.25. The van der Waals surface area contributed by atoms with Crippen molar-refractivity contribution >= 4 is 11.6 Å². The first-order valence-corrected chi connectivity index (χ1v) is 11.6. The number of likely N-dealkylation sites (N-methyl/N-ethyl adjacent to an activating group) is 1. The Labute approximate surface area is 184 Å². The van der Waals surface area contributed by atoms with E-state index >= 15 is 0 Å². The molecule has 3 aromatic rings. The lowest BCUT2D eigenvalue weighted by Crippen LogP contribution is -2.32. The summed E-state index contributed by atoms with van der Waals surface area (Å²) in [5.41, 5.74) is 4.92. The minimum Gasteiger partial charge on any atom is -0.340 e. The maximum absolute atomic E-state index is 13.5. The van der Waals surface area contributed by atoms with Crippen molar-refractivity contribution < 1.29 is 4.79 Å². The van der Waals surface area contributed by atoms with E-state index in [0.717, 1.165) is 42.3 Å². The van der Waals surface area contributed by atoms with Crippen molar-refractivity contribution in [2.24, 2.45) is 5.92 Å². The fourth-order valence-corrected chi connectivity index (χ4v) is 5.43. The van der Waals surface area contributed by atoms with Crippen LogP contribution in [0.25, 0.3) is 5.65 Å². The van der Waals surface area contributed by atoms with E-state index in [4.69, 9.17) is 4.98 Å². The van der Waals surface area contributed by atoms with Gasteiger partial charge < -0.3 is 9.30 Å². The monoisotopic (exact) mass is 416 g/mol. The lowest BCUT2D eigenvalue weighted by molar-refractivity contribution is 0.0788. The van der Waals surface area contributed by atoms with Crippen LogP contribution in [0.4, 0.5) is 0 Å². The Morgan fingerprint density at radius 3 is 2.81 bits per heavy atom. The maximum atomic E-state index is 13.5. The molecule has 5 heteroatoms. The predicted octanol–water partition coefficient (Wildman–Crippen LogP) is 4.33. The van der Waals surface area contributed by atoms with E-state index in [9.17, 15) is 4.79 Å². The molecule has 2 aromatic heterocycles. The first-order valence-electron chi connectivity index (χ1n) is 11.6. The van der Waals surface area contributed by atoms with Crippen LogP contribution in [0.1, 0.15) is 53.0 Å². The summed E-state index contributed by atoms with van der Waals surface area (Å²) in [6.07, 6.45) is 8.20. The third-order valence-corrected chi connectivity index (χ3v) is 7.19. The Balaban J connectivity index is 1.42. The summed E-state index contributed by atoms with van der Waals surface area (Å²) in [6, 6.07) is 15.1. The number of pyridine rings is 1. The number of nitrogens with zero attached hydrogens (tertiary/aromatic N) is 4. The molecule has 2 atom stereocenters. The Hall–Kier alpha value is -2.66. The Bertz CT molecular complexity index is 1070. The first-order chi connectivity index (χ1) is 15.1. The number of likely N-dealkylation sites (tertiary alicyclic amines) is 1. The van der Waals surface area contributed by atoms with E-state index in [-0.39, 0.29) is 5.91 Å².